The van der Waals surface area contributed by atoms with Crippen molar-refractivity contribution in [3.8, 4) is 0 Å². The molecule has 1 fully saturated rings. The van der Waals surface area contributed by atoms with Crippen LogP contribution in [0.25, 0.3) is 0 Å². The van der Waals surface area contributed by atoms with Crippen LogP contribution in [0.1, 0.15) is 22.3 Å². The molecule has 168 valence electrons. The Kier molecular flexibility index (Phi) is 6.90. The lowest BCUT2D eigenvalue weighted by Crippen LogP contribution is -2.38. The van der Waals surface area contributed by atoms with Gasteiger partial charge in [0.1, 0.15) is 0 Å². The van der Waals surface area contributed by atoms with Crippen LogP contribution in [0.2, 0.25) is 0 Å². The van der Waals surface area contributed by atoms with E-state index in [2.05, 4.69) is 4.72 Å². The molecule has 1 N–H and O–H groups in total. The van der Waals surface area contributed by atoms with E-state index in [1.54, 1.807) is 31.2 Å². The highest BCUT2D eigenvalue weighted by Gasteiger charge is 2.32. The van der Waals surface area contributed by atoms with Crippen molar-refractivity contribution in [3.05, 3.63) is 59.7 Å². The number of anilines is 1. The average Bonchev–Trinajstić information content (AvgIpc) is 2.93. The third kappa shape index (κ3) is 6.20. The number of aryl methyl sites for hydroxylation is 1. The molecular weight excluding hydrogens is 431 g/mol. The monoisotopic (exact) mass is 455 g/mol. The lowest BCUT2D eigenvalue weighted by molar-refractivity contribution is -0.145. The lowest BCUT2D eigenvalue weighted by Gasteiger charge is -2.23. The van der Waals surface area contributed by atoms with Crippen LogP contribution in [0.4, 0.5) is 18.9 Å². The highest BCUT2D eigenvalue weighted by Crippen LogP contribution is 2.21. The molecular formula is C21H24F3N3O3S. The zero-order valence-electron chi connectivity index (χ0n) is 17.0. The first-order chi connectivity index (χ1) is 14.5. The summed E-state index contributed by atoms with van der Waals surface area (Å²) in [5.41, 5.74) is 1.54. The summed E-state index contributed by atoms with van der Waals surface area (Å²) in [4.78, 5) is 15.6. The van der Waals surface area contributed by atoms with E-state index < -0.39 is 22.7 Å². The molecule has 0 saturated carbocycles. The number of hydrogen-bond acceptors (Lipinski definition) is 4. The maximum Gasteiger partial charge on any atom is 0.401 e. The predicted octanol–water partition coefficient (Wildman–Crippen LogP) is 3.51. The van der Waals surface area contributed by atoms with Crippen molar-refractivity contribution in [2.45, 2.75) is 24.4 Å². The number of carbonyl (C=O) groups is 1. The summed E-state index contributed by atoms with van der Waals surface area (Å²) in [7, 11) is -3.82. The molecule has 0 spiro atoms. The molecule has 0 unspecified atom stereocenters. The Morgan fingerprint density at radius 2 is 1.68 bits per heavy atom. The van der Waals surface area contributed by atoms with Gasteiger partial charge >= 0.3 is 6.18 Å². The Morgan fingerprint density at radius 1 is 1.00 bits per heavy atom. The van der Waals surface area contributed by atoms with E-state index in [9.17, 15) is 26.4 Å². The van der Waals surface area contributed by atoms with Gasteiger partial charge in [0.15, 0.2) is 0 Å². The topological polar surface area (TPSA) is 69.7 Å². The number of amides is 1. The van der Waals surface area contributed by atoms with E-state index in [1.807, 2.05) is 0 Å². The molecule has 0 atom stereocenters. The summed E-state index contributed by atoms with van der Waals surface area (Å²) in [6.45, 7) is 1.74. The van der Waals surface area contributed by atoms with E-state index in [1.165, 1.54) is 34.1 Å². The van der Waals surface area contributed by atoms with E-state index in [0.29, 0.717) is 24.2 Å². The first-order valence-corrected chi connectivity index (χ1v) is 11.3. The number of alkyl halides is 3. The number of sulfonamides is 1. The molecule has 1 saturated heterocycles. The summed E-state index contributed by atoms with van der Waals surface area (Å²) in [6, 6.07) is 12.5. The summed E-state index contributed by atoms with van der Waals surface area (Å²) in [5, 5.41) is 0. The summed E-state index contributed by atoms with van der Waals surface area (Å²) in [5.74, 6) is -0.329. The van der Waals surface area contributed by atoms with Gasteiger partial charge in [0.05, 0.1) is 17.1 Å². The van der Waals surface area contributed by atoms with Crippen molar-refractivity contribution in [2.24, 2.45) is 0 Å². The lowest BCUT2D eigenvalue weighted by atomic mass is 10.2. The van der Waals surface area contributed by atoms with Crippen molar-refractivity contribution in [1.82, 2.24) is 9.80 Å². The van der Waals surface area contributed by atoms with Crippen LogP contribution in [0, 0.1) is 6.92 Å². The number of carbonyl (C=O) groups excluding carboxylic acids is 1. The second kappa shape index (κ2) is 9.27. The molecule has 1 aliphatic rings. The fourth-order valence-electron chi connectivity index (χ4n) is 3.44. The van der Waals surface area contributed by atoms with Gasteiger partial charge in [0.25, 0.3) is 15.9 Å². The number of hydrogen-bond donors (Lipinski definition) is 1. The molecule has 1 heterocycles. The van der Waals surface area contributed by atoms with Crippen LogP contribution in [0.15, 0.2) is 53.4 Å². The zero-order valence-corrected chi connectivity index (χ0v) is 17.8. The van der Waals surface area contributed by atoms with Crippen LogP contribution >= 0.6 is 0 Å². The van der Waals surface area contributed by atoms with Crippen molar-refractivity contribution in [2.75, 3.05) is 37.4 Å². The molecule has 0 bridgehead atoms. The number of para-hydroxylation sites is 1. The molecule has 1 amide bonds. The Bertz CT molecular complexity index is 1020. The van der Waals surface area contributed by atoms with Gasteiger partial charge in [-0.2, -0.15) is 13.2 Å². The third-order valence-electron chi connectivity index (χ3n) is 5.08. The van der Waals surface area contributed by atoms with Crippen LogP contribution in [0.5, 0.6) is 0 Å². The van der Waals surface area contributed by atoms with Gasteiger partial charge in [-0.15, -0.1) is 0 Å². The first-order valence-electron chi connectivity index (χ1n) is 9.82. The molecule has 0 radical (unpaired) electrons. The Morgan fingerprint density at radius 3 is 2.32 bits per heavy atom. The SMILES string of the molecule is Cc1ccccc1NS(=O)(=O)c1ccc(C(=O)N2CCCN(CC(F)(F)F)CC2)cc1. The fourth-order valence-corrected chi connectivity index (χ4v) is 4.57. The number of halogens is 3. The maximum absolute atomic E-state index is 12.8. The molecule has 2 aromatic carbocycles. The second-order valence-corrected chi connectivity index (χ2v) is 9.16. The molecule has 0 aromatic heterocycles. The van der Waals surface area contributed by atoms with Gasteiger partial charge in [0.2, 0.25) is 0 Å². The number of rotatable bonds is 5. The minimum absolute atomic E-state index is 0.0134. The molecule has 6 nitrogen and oxygen atoms in total. The van der Waals surface area contributed by atoms with E-state index in [4.69, 9.17) is 0 Å². The predicted molar refractivity (Wildman–Crippen MR) is 111 cm³/mol. The minimum Gasteiger partial charge on any atom is -0.337 e. The number of nitrogens with one attached hydrogen (secondary N) is 1. The Labute approximate surface area is 179 Å². The van der Waals surface area contributed by atoms with E-state index in [-0.39, 0.29) is 30.4 Å². The highest BCUT2D eigenvalue weighted by atomic mass is 32.2. The number of benzene rings is 2. The zero-order chi connectivity index (χ0) is 22.6. The van der Waals surface area contributed by atoms with Gasteiger partial charge in [-0.3, -0.25) is 14.4 Å². The van der Waals surface area contributed by atoms with Crippen LogP contribution in [-0.4, -0.2) is 63.0 Å². The fraction of sp³-hybridized carbons (Fsp3) is 0.381. The van der Waals surface area contributed by atoms with Gasteiger partial charge in [0, 0.05) is 31.7 Å². The third-order valence-corrected chi connectivity index (χ3v) is 6.46. The molecule has 10 heteroatoms. The summed E-state index contributed by atoms with van der Waals surface area (Å²) >= 11 is 0. The molecule has 3 rings (SSSR count). The van der Waals surface area contributed by atoms with Gasteiger partial charge < -0.3 is 4.90 Å². The van der Waals surface area contributed by atoms with Crippen LogP contribution in [0.3, 0.4) is 0 Å². The molecule has 31 heavy (non-hydrogen) atoms. The molecule has 1 aliphatic heterocycles. The van der Waals surface area contributed by atoms with Crippen molar-refractivity contribution < 1.29 is 26.4 Å². The standard InChI is InChI=1S/C21H24F3N3O3S/c1-16-5-2-3-6-19(16)25-31(29,30)18-9-7-17(8-10-18)20(28)27-12-4-11-26(13-14-27)15-21(22,23)24/h2-3,5-10,25H,4,11-15H2,1H3. The first kappa shape index (κ1) is 23.1. The molecule has 2 aromatic rings. The van der Waals surface area contributed by atoms with E-state index >= 15 is 0 Å². The van der Waals surface area contributed by atoms with E-state index in [0.717, 1.165) is 5.56 Å². The average molecular weight is 456 g/mol. The van der Waals surface area contributed by atoms with Gasteiger partial charge in [-0.25, -0.2) is 8.42 Å². The highest BCUT2D eigenvalue weighted by molar-refractivity contribution is 7.92. The summed E-state index contributed by atoms with van der Waals surface area (Å²) < 4.78 is 65.6. The Hall–Kier alpha value is -2.59. The number of nitrogens with zero attached hydrogens (tertiary/aromatic N) is 2. The Balaban J connectivity index is 1.67. The van der Waals surface area contributed by atoms with Crippen molar-refractivity contribution in [1.29, 1.82) is 0 Å². The quantitative estimate of drug-likeness (QED) is 0.749. The smallest absolute Gasteiger partial charge is 0.337 e. The second-order valence-electron chi connectivity index (χ2n) is 7.48. The largest absolute Gasteiger partial charge is 0.401 e. The minimum atomic E-state index is -4.27. The molecule has 0 aliphatic carbocycles. The van der Waals surface area contributed by atoms with Crippen molar-refractivity contribution >= 4 is 21.6 Å². The van der Waals surface area contributed by atoms with Gasteiger partial charge in [-0.05, 0) is 49.2 Å². The van der Waals surface area contributed by atoms with Crippen LogP contribution in [-0.2, 0) is 10.0 Å². The van der Waals surface area contributed by atoms with Crippen LogP contribution < -0.4 is 4.72 Å². The van der Waals surface area contributed by atoms with Gasteiger partial charge in [-0.1, -0.05) is 18.2 Å². The maximum atomic E-state index is 12.8. The normalized spacial score (nSPS) is 16.1. The van der Waals surface area contributed by atoms with Crippen molar-refractivity contribution in [3.63, 3.8) is 0 Å². The summed E-state index contributed by atoms with van der Waals surface area (Å²) in [6.07, 6.45) is -3.83.